The maximum absolute atomic E-state index is 12.0. The van der Waals surface area contributed by atoms with Gasteiger partial charge in [0.05, 0.1) is 13.5 Å². The standard InChI is InChI=1S/C30H32O3/c1-19-7-5-8-20(2)29(19)25-10-6-9-22(21(25)3)18-33-24-11-12-26-23(15-24)17-30(13-14-30)27(26)16-28(31)32-4/h5-12,15,27H,13-14,16-18H2,1-4H3. The minimum Gasteiger partial charge on any atom is -0.489 e. The molecule has 1 saturated carbocycles. The summed E-state index contributed by atoms with van der Waals surface area (Å²) in [7, 11) is 1.48. The molecule has 5 rings (SSSR count). The topological polar surface area (TPSA) is 35.5 Å². The van der Waals surface area contributed by atoms with E-state index in [9.17, 15) is 4.79 Å². The van der Waals surface area contributed by atoms with Gasteiger partial charge in [-0.2, -0.15) is 0 Å². The normalized spacial score (nSPS) is 17.6. The Hall–Kier alpha value is -3.07. The van der Waals surface area contributed by atoms with Crippen LogP contribution in [0.25, 0.3) is 11.1 Å². The average molecular weight is 441 g/mol. The van der Waals surface area contributed by atoms with E-state index in [0.717, 1.165) is 12.2 Å². The first kappa shape index (κ1) is 21.8. The molecule has 33 heavy (non-hydrogen) atoms. The number of carbonyl (C=O) groups excluding carboxylic acids is 1. The smallest absolute Gasteiger partial charge is 0.306 e. The van der Waals surface area contributed by atoms with Crippen LogP contribution in [-0.4, -0.2) is 13.1 Å². The lowest BCUT2D eigenvalue weighted by atomic mass is 9.87. The van der Waals surface area contributed by atoms with E-state index >= 15 is 0 Å². The number of hydrogen-bond donors (Lipinski definition) is 0. The maximum atomic E-state index is 12.0. The van der Waals surface area contributed by atoms with E-state index in [1.165, 1.54) is 64.5 Å². The summed E-state index contributed by atoms with van der Waals surface area (Å²) in [5, 5.41) is 0. The van der Waals surface area contributed by atoms with Crippen molar-refractivity contribution >= 4 is 5.97 Å². The minimum atomic E-state index is -0.112. The number of esters is 1. The van der Waals surface area contributed by atoms with Gasteiger partial charge in [-0.1, -0.05) is 42.5 Å². The van der Waals surface area contributed by atoms with Crippen LogP contribution in [0.1, 0.15) is 58.6 Å². The molecule has 0 heterocycles. The first-order chi connectivity index (χ1) is 15.9. The highest BCUT2D eigenvalue weighted by Crippen LogP contribution is 2.64. The highest BCUT2D eigenvalue weighted by atomic mass is 16.5. The van der Waals surface area contributed by atoms with E-state index in [0.29, 0.717) is 13.0 Å². The maximum Gasteiger partial charge on any atom is 0.306 e. The Morgan fingerprint density at radius 1 is 1.00 bits per heavy atom. The molecule has 2 aliphatic carbocycles. The van der Waals surface area contributed by atoms with E-state index in [1.807, 2.05) is 0 Å². The number of aryl methyl sites for hydroxylation is 2. The van der Waals surface area contributed by atoms with Gasteiger partial charge in [0.25, 0.3) is 0 Å². The summed E-state index contributed by atoms with van der Waals surface area (Å²) in [5.74, 6) is 1.07. The fraction of sp³-hybridized carbons (Fsp3) is 0.367. The van der Waals surface area contributed by atoms with Crippen LogP contribution in [0.15, 0.2) is 54.6 Å². The second kappa shape index (κ2) is 8.37. The molecule has 0 bridgehead atoms. The predicted octanol–water partition coefficient (Wildman–Crippen LogP) is 6.84. The van der Waals surface area contributed by atoms with Crippen LogP contribution in [0.4, 0.5) is 0 Å². The minimum absolute atomic E-state index is 0.112. The zero-order valence-corrected chi connectivity index (χ0v) is 20.0. The molecule has 1 unspecified atom stereocenters. The van der Waals surface area contributed by atoms with Crippen molar-refractivity contribution in [3.63, 3.8) is 0 Å². The van der Waals surface area contributed by atoms with Gasteiger partial charge < -0.3 is 9.47 Å². The van der Waals surface area contributed by atoms with E-state index in [4.69, 9.17) is 9.47 Å². The third-order valence-electron chi connectivity index (χ3n) is 7.85. The van der Waals surface area contributed by atoms with Crippen LogP contribution < -0.4 is 4.74 Å². The molecular weight excluding hydrogens is 408 g/mol. The van der Waals surface area contributed by atoms with E-state index < -0.39 is 0 Å². The van der Waals surface area contributed by atoms with Crippen LogP contribution in [0.5, 0.6) is 5.75 Å². The Kier molecular flexibility index (Phi) is 5.52. The molecule has 0 amide bonds. The second-order valence-corrected chi connectivity index (χ2v) is 9.88. The van der Waals surface area contributed by atoms with Crippen molar-refractivity contribution < 1.29 is 14.3 Å². The third-order valence-corrected chi connectivity index (χ3v) is 7.85. The van der Waals surface area contributed by atoms with Gasteiger partial charge in [0, 0.05) is 5.92 Å². The highest BCUT2D eigenvalue weighted by Gasteiger charge is 2.54. The molecule has 3 nitrogen and oxygen atoms in total. The molecule has 1 fully saturated rings. The molecule has 170 valence electrons. The lowest BCUT2D eigenvalue weighted by Gasteiger charge is -2.18. The number of ether oxygens (including phenoxy) is 2. The summed E-state index contributed by atoms with van der Waals surface area (Å²) in [4.78, 5) is 12.0. The molecular formula is C30H32O3. The summed E-state index contributed by atoms with van der Waals surface area (Å²) < 4.78 is 11.2. The van der Waals surface area contributed by atoms with Crippen LogP contribution in [0, 0.1) is 26.2 Å². The molecule has 3 aromatic rings. The van der Waals surface area contributed by atoms with Gasteiger partial charge in [0.1, 0.15) is 12.4 Å². The van der Waals surface area contributed by atoms with Gasteiger partial charge in [0.2, 0.25) is 0 Å². The van der Waals surface area contributed by atoms with Crippen molar-refractivity contribution in [1.82, 2.24) is 0 Å². The third kappa shape index (κ3) is 3.94. The molecule has 3 heteroatoms. The summed E-state index contributed by atoms with van der Waals surface area (Å²) in [6.07, 6.45) is 3.92. The van der Waals surface area contributed by atoms with Gasteiger partial charge in [-0.05, 0) is 102 Å². The molecule has 0 saturated heterocycles. The van der Waals surface area contributed by atoms with Gasteiger partial charge in [0.15, 0.2) is 0 Å². The average Bonchev–Trinajstić information content (AvgIpc) is 3.51. The number of hydrogen-bond acceptors (Lipinski definition) is 3. The Labute approximate surface area is 196 Å². The zero-order valence-electron chi connectivity index (χ0n) is 20.0. The van der Waals surface area contributed by atoms with Crippen LogP contribution in [0.2, 0.25) is 0 Å². The molecule has 0 aromatic heterocycles. The summed E-state index contributed by atoms with van der Waals surface area (Å²) in [5.41, 5.74) is 10.6. The molecule has 0 N–H and O–H groups in total. The Balaban J connectivity index is 1.36. The number of carbonyl (C=O) groups is 1. The second-order valence-electron chi connectivity index (χ2n) is 9.88. The lowest BCUT2D eigenvalue weighted by Crippen LogP contribution is -2.14. The van der Waals surface area contributed by atoms with Gasteiger partial charge in [-0.15, -0.1) is 0 Å². The van der Waals surface area contributed by atoms with Crippen LogP contribution in [0.3, 0.4) is 0 Å². The fourth-order valence-electron chi connectivity index (χ4n) is 5.77. The monoisotopic (exact) mass is 440 g/mol. The zero-order chi connectivity index (χ0) is 23.2. The Morgan fingerprint density at radius 3 is 2.42 bits per heavy atom. The molecule has 1 spiro atoms. The van der Waals surface area contributed by atoms with Crippen molar-refractivity contribution in [1.29, 1.82) is 0 Å². The molecule has 2 aliphatic rings. The first-order valence-corrected chi connectivity index (χ1v) is 11.9. The Bertz CT molecular complexity index is 1200. The highest BCUT2D eigenvalue weighted by molar-refractivity contribution is 5.74. The van der Waals surface area contributed by atoms with E-state index in [1.54, 1.807) is 0 Å². The van der Waals surface area contributed by atoms with Crippen molar-refractivity contribution in [2.24, 2.45) is 5.41 Å². The van der Waals surface area contributed by atoms with Gasteiger partial charge in [-0.25, -0.2) is 0 Å². The number of rotatable bonds is 6. The van der Waals surface area contributed by atoms with Crippen LogP contribution in [-0.2, 0) is 22.6 Å². The molecule has 3 aromatic carbocycles. The quantitative estimate of drug-likeness (QED) is 0.394. The fourth-order valence-corrected chi connectivity index (χ4v) is 5.77. The van der Waals surface area contributed by atoms with E-state index in [2.05, 4.69) is 75.4 Å². The Morgan fingerprint density at radius 2 is 1.73 bits per heavy atom. The number of fused-ring (bicyclic) bond motifs is 1. The van der Waals surface area contributed by atoms with Crippen LogP contribution >= 0.6 is 0 Å². The first-order valence-electron chi connectivity index (χ1n) is 11.9. The predicted molar refractivity (Wildman–Crippen MR) is 132 cm³/mol. The largest absolute Gasteiger partial charge is 0.489 e. The molecule has 0 aliphatic heterocycles. The van der Waals surface area contributed by atoms with Gasteiger partial charge >= 0.3 is 5.97 Å². The summed E-state index contributed by atoms with van der Waals surface area (Å²) >= 11 is 0. The lowest BCUT2D eigenvalue weighted by molar-refractivity contribution is -0.141. The summed E-state index contributed by atoms with van der Waals surface area (Å²) in [6.45, 7) is 7.09. The molecule has 1 atom stereocenters. The number of methoxy groups -OCH3 is 1. The summed E-state index contributed by atoms with van der Waals surface area (Å²) in [6, 6.07) is 19.4. The van der Waals surface area contributed by atoms with E-state index in [-0.39, 0.29) is 17.3 Å². The molecule has 0 radical (unpaired) electrons. The SMILES string of the molecule is COC(=O)CC1c2ccc(OCc3cccc(-c4c(C)cccc4C)c3C)cc2CC12CC2. The van der Waals surface area contributed by atoms with Crippen molar-refractivity contribution in [3.05, 3.63) is 88.0 Å². The van der Waals surface area contributed by atoms with Crippen molar-refractivity contribution in [2.75, 3.05) is 7.11 Å². The van der Waals surface area contributed by atoms with Crippen molar-refractivity contribution in [3.8, 4) is 16.9 Å². The number of benzene rings is 3. The van der Waals surface area contributed by atoms with Gasteiger partial charge in [-0.3, -0.25) is 4.79 Å². The van der Waals surface area contributed by atoms with Crippen molar-refractivity contribution in [2.45, 2.75) is 59.0 Å².